The van der Waals surface area contributed by atoms with E-state index in [0.29, 0.717) is 17.2 Å². The second-order valence-corrected chi connectivity index (χ2v) is 5.42. The Bertz CT molecular complexity index is 844. The summed E-state index contributed by atoms with van der Waals surface area (Å²) in [6, 6.07) is 14.9. The van der Waals surface area contributed by atoms with E-state index < -0.39 is 6.10 Å². The molecule has 2 aromatic carbocycles. The van der Waals surface area contributed by atoms with E-state index in [0.717, 1.165) is 11.1 Å². The number of ether oxygens (including phenoxy) is 2. The predicted molar refractivity (Wildman–Crippen MR) is 89.0 cm³/mol. The molecule has 24 heavy (non-hydrogen) atoms. The highest BCUT2D eigenvalue weighted by Crippen LogP contribution is 2.31. The summed E-state index contributed by atoms with van der Waals surface area (Å²) in [5.74, 6) is 1.01. The first-order valence-electron chi connectivity index (χ1n) is 7.58. The number of benzene rings is 2. The third-order valence-electron chi connectivity index (χ3n) is 3.79. The van der Waals surface area contributed by atoms with Crippen molar-refractivity contribution in [2.75, 3.05) is 11.9 Å². The van der Waals surface area contributed by atoms with E-state index in [2.05, 4.69) is 15.5 Å². The van der Waals surface area contributed by atoms with Crippen LogP contribution >= 0.6 is 0 Å². The smallest absolute Gasteiger partial charge is 0.269 e. The molecule has 6 heteroatoms. The highest BCUT2D eigenvalue weighted by atomic mass is 16.6. The number of nitrogens with one attached hydrogen (secondary N) is 2. The number of H-pyrrole nitrogens is 1. The average molecular weight is 321 g/mol. The first-order valence-corrected chi connectivity index (χ1v) is 7.58. The van der Waals surface area contributed by atoms with E-state index in [1.54, 1.807) is 12.3 Å². The van der Waals surface area contributed by atoms with Crippen molar-refractivity contribution in [3.05, 3.63) is 60.9 Å². The largest absolute Gasteiger partial charge is 0.485 e. The number of carbonyl (C=O) groups excluding carboxylic acids is 1. The predicted octanol–water partition coefficient (Wildman–Crippen LogP) is 2.86. The molecule has 0 fully saturated rings. The van der Waals surface area contributed by atoms with Crippen LogP contribution in [0, 0.1) is 0 Å². The Morgan fingerprint density at radius 3 is 2.62 bits per heavy atom. The molecule has 0 bridgehead atoms. The standard InChI is InChI=1S/C18H15N3O3/c22-18(17-11-23-15-3-1-2-4-16(15)24-17)21-14-7-5-12(6-8-14)13-9-19-20-10-13/h1-10,17H,11H2,(H,19,20)(H,21,22)/t17-/m1/s1. The molecule has 6 nitrogen and oxygen atoms in total. The topological polar surface area (TPSA) is 76.2 Å². The lowest BCUT2D eigenvalue weighted by molar-refractivity contribution is -0.125. The van der Waals surface area contributed by atoms with Gasteiger partial charge in [-0.1, -0.05) is 24.3 Å². The van der Waals surface area contributed by atoms with Crippen LogP contribution in [0.2, 0.25) is 0 Å². The van der Waals surface area contributed by atoms with Gasteiger partial charge in [-0.3, -0.25) is 9.89 Å². The molecule has 1 aliphatic rings. The zero-order valence-corrected chi connectivity index (χ0v) is 12.7. The van der Waals surface area contributed by atoms with Crippen LogP contribution in [0.5, 0.6) is 11.5 Å². The SMILES string of the molecule is O=C(Nc1ccc(-c2cn[nH]c2)cc1)[C@H]1COc2ccccc2O1. The molecule has 0 radical (unpaired) electrons. The van der Waals surface area contributed by atoms with Gasteiger partial charge in [-0.15, -0.1) is 0 Å². The lowest BCUT2D eigenvalue weighted by atomic mass is 10.1. The third kappa shape index (κ3) is 2.81. The molecule has 0 unspecified atom stereocenters. The van der Waals surface area contributed by atoms with Crippen molar-refractivity contribution in [3.8, 4) is 22.6 Å². The van der Waals surface area contributed by atoms with Crippen LogP contribution < -0.4 is 14.8 Å². The summed E-state index contributed by atoms with van der Waals surface area (Å²) in [5.41, 5.74) is 2.72. The van der Waals surface area contributed by atoms with Gasteiger partial charge in [0, 0.05) is 17.4 Å². The number of amides is 1. The van der Waals surface area contributed by atoms with E-state index in [4.69, 9.17) is 9.47 Å². The Kier molecular flexibility index (Phi) is 3.63. The maximum atomic E-state index is 12.4. The van der Waals surface area contributed by atoms with Crippen LogP contribution in [0.25, 0.3) is 11.1 Å². The number of hydrogen-bond donors (Lipinski definition) is 2. The molecule has 2 heterocycles. The fourth-order valence-electron chi connectivity index (χ4n) is 2.53. The molecular formula is C18H15N3O3. The van der Waals surface area contributed by atoms with Gasteiger partial charge in [0.15, 0.2) is 11.5 Å². The van der Waals surface area contributed by atoms with E-state index in [1.807, 2.05) is 48.7 Å². The first-order chi connectivity index (χ1) is 11.8. The zero-order chi connectivity index (χ0) is 16.4. The summed E-state index contributed by atoms with van der Waals surface area (Å²) in [7, 11) is 0. The van der Waals surface area contributed by atoms with Crippen molar-refractivity contribution in [1.82, 2.24) is 10.2 Å². The third-order valence-corrected chi connectivity index (χ3v) is 3.79. The molecule has 3 aromatic rings. The highest BCUT2D eigenvalue weighted by molar-refractivity contribution is 5.95. The quantitative estimate of drug-likeness (QED) is 0.778. The zero-order valence-electron chi connectivity index (χ0n) is 12.7. The van der Waals surface area contributed by atoms with Crippen LogP contribution in [0.3, 0.4) is 0 Å². The number of nitrogens with zero attached hydrogens (tertiary/aromatic N) is 1. The average Bonchev–Trinajstić information content (AvgIpc) is 3.16. The first kappa shape index (κ1) is 14.3. The van der Waals surface area contributed by atoms with Crippen LogP contribution in [-0.2, 0) is 4.79 Å². The number of rotatable bonds is 3. The van der Waals surface area contributed by atoms with Gasteiger partial charge < -0.3 is 14.8 Å². The number of carbonyl (C=O) groups is 1. The van der Waals surface area contributed by atoms with E-state index in [1.165, 1.54) is 0 Å². The number of fused-ring (bicyclic) bond motifs is 1. The minimum atomic E-state index is -0.673. The van der Waals surface area contributed by atoms with Crippen molar-refractivity contribution in [2.24, 2.45) is 0 Å². The molecule has 1 aromatic heterocycles. The van der Waals surface area contributed by atoms with Gasteiger partial charge in [0.1, 0.15) is 6.61 Å². The lowest BCUT2D eigenvalue weighted by Gasteiger charge is -2.25. The number of aromatic amines is 1. The minimum Gasteiger partial charge on any atom is -0.485 e. The van der Waals surface area contributed by atoms with Gasteiger partial charge in [-0.2, -0.15) is 5.10 Å². The van der Waals surface area contributed by atoms with Crippen LogP contribution in [0.15, 0.2) is 60.9 Å². The Hall–Kier alpha value is -3.28. The molecule has 1 atom stereocenters. The fourth-order valence-corrected chi connectivity index (χ4v) is 2.53. The summed E-state index contributed by atoms with van der Waals surface area (Å²) < 4.78 is 11.3. The Morgan fingerprint density at radius 1 is 1.08 bits per heavy atom. The molecule has 0 aliphatic carbocycles. The summed E-state index contributed by atoms with van der Waals surface area (Å²) >= 11 is 0. The van der Waals surface area contributed by atoms with Crippen LogP contribution in [0.1, 0.15) is 0 Å². The molecule has 4 rings (SSSR count). The minimum absolute atomic E-state index is 0.190. The Labute approximate surface area is 138 Å². The number of aromatic nitrogens is 2. The van der Waals surface area contributed by atoms with E-state index >= 15 is 0 Å². The van der Waals surface area contributed by atoms with Gasteiger partial charge >= 0.3 is 0 Å². The second kappa shape index (κ2) is 6.08. The molecular weight excluding hydrogens is 306 g/mol. The monoisotopic (exact) mass is 321 g/mol. The molecule has 0 saturated heterocycles. The molecule has 0 spiro atoms. The lowest BCUT2D eigenvalue weighted by Crippen LogP contribution is -2.40. The second-order valence-electron chi connectivity index (χ2n) is 5.42. The van der Waals surface area contributed by atoms with Gasteiger partial charge in [-0.25, -0.2) is 0 Å². The van der Waals surface area contributed by atoms with Crippen LogP contribution in [-0.4, -0.2) is 28.8 Å². The normalized spacial score (nSPS) is 15.8. The summed E-state index contributed by atoms with van der Waals surface area (Å²) in [6.07, 6.45) is 2.89. The fraction of sp³-hybridized carbons (Fsp3) is 0.111. The van der Waals surface area contributed by atoms with Crippen LogP contribution in [0.4, 0.5) is 5.69 Å². The maximum absolute atomic E-state index is 12.4. The van der Waals surface area contributed by atoms with Gasteiger partial charge in [-0.05, 0) is 29.8 Å². The van der Waals surface area contributed by atoms with Crippen molar-refractivity contribution in [2.45, 2.75) is 6.10 Å². The number of anilines is 1. The van der Waals surface area contributed by atoms with Gasteiger partial charge in [0.25, 0.3) is 5.91 Å². The number of hydrogen-bond acceptors (Lipinski definition) is 4. The number of para-hydroxylation sites is 2. The Morgan fingerprint density at radius 2 is 1.88 bits per heavy atom. The van der Waals surface area contributed by atoms with Crippen molar-refractivity contribution in [1.29, 1.82) is 0 Å². The summed E-state index contributed by atoms with van der Waals surface area (Å²) in [4.78, 5) is 12.4. The van der Waals surface area contributed by atoms with Crippen molar-refractivity contribution < 1.29 is 14.3 Å². The molecule has 1 amide bonds. The Balaban J connectivity index is 1.43. The maximum Gasteiger partial charge on any atom is 0.269 e. The summed E-state index contributed by atoms with van der Waals surface area (Å²) in [6.45, 7) is 0.190. The van der Waals surface area contributed by atoms with Gasteiger partial charge in [0.2, 0.25) is 6.10 Å². The van der Waals surface area contributed by atoms with E-state index in [-0.39, 0.29) is 12.5 Å². The van der Waals surface area contributed by atoms with Gasteiger partial charge in [0.05, 0.1) is 6.20 Å². The summed E-state index contributed by atoms with van der Waals surface area (Å²) in [5, 5.41) is 9.55. The molecule has 0 saturated carbocycles. The molecule has 2 N–H and O–H groups in total. The van der Waals surface area contributed by atoms with E-state index in [9.17, 15) is 4.79 Å². The van der Waals surface area contributed by atoms with Crippen molar-refractivity contribution in [3.63, 3.8) is 0 Å². The van der Waals surface area contributed by atoms with Crippen molar-refractivity contribution >= 4 is 11.6 Å². The molecule has 120 valence electrons. The highest BCUT2D eigenvalue weighted by Gasteiger charge is 2.27. The molecule has 1 aliphatic heterocycles.